The van der Waals surface area contributed by atoms with Gasteiger partial charge in [-0.15, -0.1) is 0 Å². The Morgan fingerprint density at radius 1 is 1.33 bits per heavy atom. The zero-order valence-electron chi connectivity index (χ0n) is 10.8. The van der Waals surface area contributed by atoms with Crippen molar-refractivity contribution in [3.63, 3.8) is 0 Å². The molecular formula is C14H20ClNOS. The van der Waals surface area contributed by atoms with Crippen LogP contribution in [-0.4, -0.2) is 31.7 Å². The highest BCUT2D eigenvalue weighted by atomic mass is 35.5. The summed E-state index contributed by atoms with van der Waals surface area (Å²) in [7, 11) is 0. The Morgan fingerprint density at radius 2 is 2.17 bits per heavy atom. The highest BCUT2D eigenvalue weighted by Crippen LogP contribution is 2.33. The van der Waals surface area contributed by atoms with Gasteiger partial charge in [0, 0.05) is 5.56 Å². The third kappa shape index (κ3) is 3.56. The zero-order valence-corrected chi connectivity index (χ0v) is 12.4. The first-order chi connectivity index (χ1) is 8.83. The Bertz CT molecular complexity index is 398. The quantitative estimate of drug-likeness (QED) is 0.840. The van der Waals surface area contributed by atoms with Gasteiger partial charge in [-0.05, 0) is 56.0 Å². The van der Waals surface area contributed by atoms with Gasteiger partial charge in [0.15, 0.2) is 0 Å². The second-order valence-corrected chi connectivity index (χ2v) is 5.85. The molecule has 0 radical (unpaired) electrons. The van der Waals surface area contributed by atoms with Crippen LogP contribution in [0.5, 0.6) is 5.75 Å². The van der Waals surface area contributed by atoms with E-state index in [1.807, 2.05) is 17.8 Å². The summed E-state index contributed by atoms with van der Waals surface area (Å²) in [6, 6.07) is 4.11. The number of hydrogen-bond donors (Lipinski definition) is 1. The maximum Gasteiger partial charge on any atom is 0.141 e. The highest BCUT2D eigenvalue weighted by molar-refractivity contribution is 7.98. The van der Waals surface area contributed by atoms with Crippen molar-refractivity contribution in [2.75, 3.05) is 31.7 Å². The van der Waals surface area contributed by atoms with Gasteiger partial charge in [0.05, 0.1) is 11.6 Å². The molecule has 0 atom stereocenters. The molecule has 0 spiro atoms. The molecule has 2 rings (SSSR count). The monoisotopic (exact) mass is 285 g/mol. The van der Waals surface area contributed by atoms with Gasteiger partial charge in [0.2, 0.25) is 0 Å². The normalized spacial score (nSPS) is 15.0. The maximum absolute atomic E-state index is 6.28. The summed E-state index contributed by atoms with van der Waals surface area (Å²) < 4.78 is 5.92. The van der Waals surface area contributed by atoms with Crippen LogP contribution in [0.15, 0.2) is 12.1 Å². The summed E-state index contributed by atoms with van der Waals surface area (Å²) in [6.07, 6.45) is 5.26. The number of benzene rings is 1. The summed E-state index contributed by atoms with van der Waals surface area (Å²) in [5.41, 5.74) is 2.68. The smallest absolute Gasteiger partial charge is 0.141 e. The van der Waals surface area contributed by atoms with Gasteiger partial charge < -0.3 is 10.1 Å². The van der Waals surface area contributed by atoms with Gasteiger partial charge in [0.25, 0.3) is 0 Å². The topological polar surface area (TPSA) is 21.3 Å². The predicted octanol–water partition coefficient (Wildman–Crippen LogP) is 3.16. The van der Waals surface area contributed by atoms with E-state index in [-0.39, 0.29) is 0 Å². The van der Waals surface area contributed by atoms with E-state index in [1.54, 1.807) is 0 Å². The first-order valence-electron chi connectivity index (χ1n) is 6.45. The molecule has 1 aromatic rings. The van der Waals surface area contributed by atoms with Crippen LogP contribution in [0.25, 0.3) is 0 Å². The molecule has 0 saturated heterocycles. The Labute approximate surface area is 118 Å². The number of thioether (sulfide) groups is 1. The lowest BCUT2D eigenvalue weighted by Gasteiger charge is -2.15. The summed E-state index contributed by atoms with van der Waals surface area (Å²) in [4.78, 5) is 0. The van der Waals surface area contributed by atoms with E-state index in [1.165, 1.54) is 11.1 Å². The summed E-state index contributed by atoms with van der Waals surface area (Å²) in [5.74, 6) is 2.05. The second-order valence-electron chi connectivity index (χ2n) is 4.46. The molecule has 4 heteroatoms. The molecule has 0 amide bonds. The van der Waals surface area contributed by atoms with Gasteiger partial charge in [-0.2, -0.15) is 11.8 Å². The molecule has 2 nitrogen and oxygen atoms in total. The number of nitrogens with one attached hydrogen (secondary N) is 1. The predicted molar refractivity (Wildman–Crippen MR) is 80.2 cm³/mol. The van der Waals surface area contributed by atoms with Gasteiger partial charge in [-0.25, -0.2) is 0 Å². The number of rotatable bonds is 5. The van der Waals surface area contributed by atoms with Crippen LogP contribution in [0.3, 0.4) is 0 Å². The molecule has 1 aliphatic heterocycles. The molecule has 1 aromatic carbocycles. The largest absolute Gasteiger partial charge is 0.492 e. The van der Waals surface area contributed by atoms with Crippen molar-refractivity contribution in [2.45, 2.75) is 19.3 Å². The minimum Gasteiger partial charge on any atom is -0.492 e. The highest BCUT2D eigenvalue weighted by Gasteiger charge is 2.15. The molecule has 1 aliphatic rings. The first-order valence-corrected chi connectivity index (χ1v) is 8.23. The van der Waals surface area contributed by atoms with Crippen LogP contribution in [-0.2, 0) is 12.8 Å². The molecule has 0 aromatic heterocycles. The summed E-state index contributed by atoms with van der Waals surface area (Å²) >= 11 is 8.13. The fourth-order valence-electron chi connectivity index (χ4n) is 2.24. The number of hydrogen-bond acceptors (Lipinski definition) is 3. The van der Waals surface area contributed by atoms with Crippen LogP contribution in [0.1, 0.15) is 17.5 Å². The summed E-state index contributed by atoms with van der Waals surface area (Å²) in [5, 5.41) is 4.17. The third-order valence-electron chi connectivity index (χ3n) is 3.17. The van der Waals surface area contributed by atoms with Crippen LogP contribution in [0, 0.1) is 0 Å². The Hall–Kier alpha value is -0.380. The van der Waals surface area contributed by atoms with Crippen LogP contribution in [0.4, 0.5) is 0 Å². The Kier molecular flexibility index (Phi) is 5.67. The van der Waals surface area contributed by atoms with E-state index in [2.05, 4.69) is 17.6 Å². The van der Waals surface area contributed by atoms with Crippen molar-refractivity contribution in [3.05, 3.63) is 28.3 Å². The second kappa shape index (κ2) is 7.27. The van der Waals surface area contributed by atoms with Crippen LogP contribution in [0.2, 0.25) is 5.02 Å². The molecule has 0 bridgehead atoms. The average molecular weight is 286 g/mol. The van der Waals surface area contributed by atoms with E-state index in [0.29, 0.717) is 0 Å². The Morgan fingerprint density at radius 3 is 3.00 bits per heavy atom. The van der Waals surface area contributed by atoms with Crippen molar-refractivity contribution >= 4 is 23.4 Å². The molecular weight excluding hydrogens is 266 g/mol. The van der Waals surface area contributed by atoms with Crippen LogP contribution >= 0.6 is 23.4 Å². The van der Waals surface area contributed by atoms with Gasteiger partial charge in [-0.3, -0.25) is 0 Å². The van der Waals surface area contributed by atoms with E-state index in [9.17, 15) is 0 Å². The molecule has 0 unspecified atom stereocenters. The molecule has 1 heterocycles. The maximum atomic E-state index is 6.28. The Balaban J connectivity index is 2.11. The van der Waals surface area contributed by atoms with E-state index in [0.717, 1.165) is 55.5 Å². The minimum absolute atomic E-state index is 0.750. The van der Waals surface area contributed by atoms with E-state index in [4.69, 9.17) is 16.3 Å². The molecule has 0 aliphatic carbocycles. The fraction of sp³-hybridized carbons (Fsp3) is 0.571. The summed E-state index contributed by atoms with van der Waals surface area (Å²) in [6.45, 7) is 2.81. The average Bonchev–Trinajstić information content (AvgIpc) is 2.62. The zero-order chi connectivity index (χ0) is 12.8. The number of halogens is 1. The molecule has 1 N–H and O–H groups in total. The van der Waals surface area contributed by atoms with Gasteiger partial charge >= 0.3 is 0 Å². The van der Waals surface area contributed by atoms with Crippen molar-refractivity contribution in [3.8, 4) is 5.75 Å². The van der Waals surface area contributed by atoms with E-state index < -0.39 is 0 Å². The number of ether oxygens (including phenoxy) is 1. The lowest BCUT2D eigenvalue weighted by Crippen LogP contribution is -2.16. The SMILES string of the molecule is CSCCCOc1c(Cl)ccc2c1CCNCC2. The van der Waals surface area contributed by atoms with Crippen molar-refractivity contribution in [1.82, 2.24) is 5.32 Å². The van der Waals surface area contributed by atoms with Crippen molar-refractivity contribution in [1.29, 1.82) is 0 Å². The third-order valence-corrected chi connectivity index (χ3v) is 4.17. The minimum atomic E-state index is 0.750. The first kappa shape index (κ1) is 14.0. The fourth-order valence-corrected chi connectivity index (χ4v) is 2.88. The lowest BCUT2D eigenvalue weighted by molar-refractivity contribution is 0.315. The molecule has 18 heavy (non-hydrogen) atoms. The van der Waals surface area contributed by atoms with Gasteiger partial charge in [-0.1, -0.05) is 17.7 Å². The lowest BCUT2D eigenvalue weighted by atomic mass is 10.0. The van der Waals surface area contributed by atoms with Crippen molar-refractivity contribution < 1.29 is 4.74 Å². The molecule has 100 valence electrons. The molecule has 0 fully saturated rings. The standard InChI is InChI=1S/C14H20ClNOS/c1-18-10-2-9-17-14-12-6-8-16-7-5-11(12)3-4-13(14)15/h3-4,16H,2,5-10H2,1H3. The van der Waals surface area contributed by atoms with E-state index >= 15 is 0 Å². The van der Waals surface area contributed by atoms with Crippen molar-refractivity contribution in [2.24, 2.45) is 0 Å². The number of fused-ring (bicyclic) bond motifs is 1. The molecule has 0 saturated carbocycles. The van der Waals surface area contributed by atoms with Gasteiger partial charge in [0.1, 0.15) is 5.75 Å². The van der Waals surface area contributed by atoms with Crippen LogP contribution < -0.4 is 10.1 Å².